The molecule has 3 rings (SSSR count). The molecule has 3 atom stereocenters. The van der Waals surface area contributed by atoms with Crippen molar-refractivity contribution in [2.75, 3.05) is 40.3 Å². The van der Waals surface area contributed by atoms with Gasteiger partial charge in [-0.15, -0.1) is 12.4 Å². The number of hydrogen-bond acceptors (Lipinski definition) is 4. The molecule has 3 unspecified atom stereocenters. The normalized spacial score (nSPS) is 23.5. The Labute approximate surface area is 174 Å². The van der Waals surface area contributed by atoms with Crippen LogP contribution < -0.4 is 10.6 Å². The molecule has 0 saturated carbocycles. The molecule has 0 bridgehead atoms. The highest BCUT2D eigenvalue weighted by molar-refractivity contribution is 5.85. The minimum absolute atomic E-state index is 0. The average Bonchev–Trinajstić information content (AvgIpc) is 3.22. The van der Waals surface area contributed by atoms with Crippen LogP contribution in [0.15, 0.2) is 30.3 Å². The van der Waals surface area contributed by atoms with Crippen LogP contribution in [0.25, 0.3) is 0 Å². The van der Waals surface area contributed by atoms with Crippen molar-refractivity contribution in [2.45, 2.75) is 37.8 Å². The number of likely N-dealkylation sites (tertiary alicyclic amines) is 1. The molecule has 2 heterocycles. The van der Waals surface area contributed by atoms with Crippen molar-refractivity contribution in [2.24, 2.45) is 5.92 Å². The molecule has 0 spiro atoms. The van der Waals surface area contributed by atoms with Crippen LogP contribution >= 0.6 is 12.4 Å². The van der Waals surface area contributed by atoms with Gasteiger partial charge in [0.05, 0.1) is 6.04 Å². The molecule has 2 N–H and O–H groups in total. The summed E-state index contributed by atoms with van der Waals surface area (Å²) in [6.45, 7) is 3.36. The number of benzene rings is 1. The van der Waals surface area contributed by atoms with Crippen molar-refractivity contribution in [3.8, 4) is 0 Å². The Bertz CT molecular complexity index is 635. The van der Waals surface area contributed by atoms with Gasteiger partial charge in [0.25, 0.3) is 0 Å². The maximum absolute atomic E-state index is 12.9. The van der Waals surface area contributed by atoms with E-state index in [0.717, 1.165) is 50.9 Å². The van der Waals surface area contributed by atoms with Crippen LogP contribution in [-0.4, -0.2) is 67.9 Å². The van der Waals surface area contributed by atoms with E-state index in [2.05, 4.69) is 15.5 Å². The van der Waals surface area contributed by atoms with E-state index in [1.165, 1.54) is 0 Å². The van der Waals surface area contributed by atoms with Crippen molar-refractivity contribution in [3.05, 3.63) is 35.9 Å². The molecule has 0 aromatic heterocycles. The molecule has 1 aromatic carbocycles. The van der Waals surface area contributed by atoms with Crippen molar-refractivity contribution in [3.63, 3.8) is 0 Å². The number of carbonyl (C=O) groups excluding carboxylic acids is 2. The van der Waals surface area contributed by atoms with Gasteiger partial charge < -0.3 is 15.5 Å². The summed E-state index contributed by atoms with van der Waals surface area (Å²) in [6, 6.07) is 9.73. The Morgan fingerprint density at radius 2 is 1.96 bits per heavy atom. The largest absolute Gasteiger partial charge is 0.354 e. The fourth-order valence-corrected chi connectivity index (χ4v) is 4.16. The lowest BCUT2D eigenvalue weighted by molar-refractivity contribution is -0.135. The zero-order valence-corrected chi connectivity index (χ0v) is 17.7. The lowest BCUT2D eigenvalue weighted by Gasteiger charge is -2.38. The average molecular weight is 409 g/mol. The second-order valence-corrected chi connectivity index (χ2v) is 7.94. The highest BCUT2D eigenvalue weighted by Crippen LogP contribution is 2.28. The number of nitrogens with zero attached hydrogens (tertiary/aromatic N) is 2. The Hall–Kier alpha value is -1.63. The molecule has 2 fully saturated rings. The van der Waals surface area contributed by atoms with E-state index in [4.69, 9.17) is 0 Å². The quantitative estimate of drug-likeness (QED) is 0.753. The maximum Gasteiger partial charge on any atom is 0.244 e. The first-order valence-electron chi connectivity index (χ1n) is 10.1. The molecular weight excluding hydrogens is 376 g/mol. The molecule has 0 radical (unpaired) electrons. The predicted molar refractivity (Wildman–Crippen MR) is 113 cm³/mol. The molecule has 156 valence electrons. The molecule has 0 aliphatic carbocycles. The monoisotopic (exact) mass is 408 g/mol. The van der Waals surface area contributed by atoms with Crippen LogP contribution in [0.2, 0.25) is 0 Å². The predicted octanol–water partition coefficient (Wildman–Crippen LogP) is 1.82. The highest BCUT2D eigenvalue weighted by Gasteiger charge is 2.33. The first-order valence-corrected chi connectivity index (χ1v) is 10.1. The molecule has 28 heavy (non-hydrogen) atoms. The summed E-state index contributed by atoms with van der Waals surface area (Å²) in [5.41, 5.74) is 1.04. The van der Waals surface area contributed by atoms with Crippen LogP contribution in [-0.2, 0) is 9.59 Å². The number of piperidine rings is 1. The SMILES string of the molecule is CN(C)C(=O)C(c1ccccc1)N1CCCC(CNC(=O)C2CCCN2)C1.Cl. The Balaban J connectivity index is 0.00000280. The minimum atomic E-state index is -0.254. The van der Waals surface area contributed by atoms with Crippen LogP contribution in [0.1, 0.15) is 37.3 Å². The molecule has 7 heteroatoms. The van der Waals surface area contributed by atoms with Crippen LogP contribution in [0, 0.1) is 5.92 Å². The maximum atomic E-state index is 12.9. The van der Waals surface area contributed by atoms with Gasteiger partial charge in [0.1, 0.15) is 6.04 Å². The van der Waals surface area contributed by atoms with E-state index in [0.29, 0.717) is 12.5 Å². The minimum Gasteiger partial charge on any atom is -0.354 e. The van der Waals surface area contributed by atoms with Gasteiger partial charge in [-0.3, -0.25) is 14.5 Å². The van der Waals surface area contributed by atoms with Crippen LogP contribution in [0.4, 0.5) is 0 Å². The number of carbonyl (C=O) groups is 2. The summed E-state index contributed by atoms with van der Waals surface area (Å²) < 4.78 is 0. The first-order chi connectivity index (χ1) is 13.1. The smallest absolute Gasteiger partial charge is 0.244 e. The molecule has 2 aliphatic heterocycles. The summed E-state index contributed by atoms with van der Waals surface area (Å²) >= 11 is 0. The summed E-state index contributed by atoms with van der Waals surface area (Å²) in [6.07, 6.45) is 4.13. The summed E-state index contributed by atoms with van der Waals surface area (Å²) in [4.78, 5) is 29.1. The van der Waals surface area contributed by atoms with Gasteiger partial charge in [-0.25, -0.2) is 0 Å². The topological polar surface area (TPSA) is 64.7 Å². The first kappa shape index (κ1) is 22.7. The van der Waals surface area contributed by atoms with E-state index in [9.17, 15) is 9.59 Å². The number of rotatable bonds is 6. The Morgan fingerprint density at radius 3 is 2.61 bits per heavy atom. The fourth-order valence-electron chi connectivity index (χ4n) is 4.16. The third-order valence-electron chi connectivity index (χ3n) is 5.65. The molecule has 1 aromatic rings. The van der Waals surface area contributed by atoms with Crippen LogP contribution in [0.3, 0.4) is 0 Å². The number of nitrogens with one attached hydrogen (secondary N) is 2. The van der Waals surface area contributed by atoms with Gasteiger partial charge in [0, 0.05) is 27.2 Å². The zero-order chi connectivity index (χ0) is 19.2. The number of amides is 2. The number of likely N-dealkylation sites (N-methyl/N-ethyl adjacent to an activating group) is 1. The van der Waals surface area contributed by atoms with E-state index < -0.39 is 0 Å². The standard InChI is InChI=1S/C21H32N4O2.ClH/c1-24(2)21(27)19(17-9-4-3-5-10-17)25-13-7-8-16(15-25)14-23-20(26)18-11-6-12-22-18;/h3-5,9-10,16,18-19,22H,6-8,11-15H2,1-2H3,(H,23,26);1H. The lowest BCUT2D eigenvalue weighted by atomic mass is 9.94. The third kappa shape index (κ3) is 5.69. The van der Waals surface area contributed by atoms with Gasteiger partial charge >= 0.3 is 0 Å². The van der Waals surface area contributed by atoms with E-state index >= 15 is 0 Å². The van der Waals surface area contributed by atoms with Crippen molar-refractivity contribution < 1.29 is 9.59 Å². The summed E-state index contributed by atoms with van der Waals surface area (Å²) in [5, 5.41) is 6.37. The summed E-state index contributed by atoms with van der Waals surface area (Å²) in [7, 11) is 3.63. The van der Waals surface area contributed by atoms with Gasteiger partial charge in [-0.05, 0) is 50.3 Å². The van der Waals surface area contributed by atoms with E-state index in [-0.39, 0.29) is 36.3 Å². The van der Waals surface area contributed by atoms with Gasteiger partial charge in [-0.1, -0.05) is 30.3 Å². The summed E-state index contributed by atoms with van der Waals surface area (Å²) in [5.74, 6) is 0.611. The highest BCUT2D eigenvalue weighted by atomic mass is 35.5. The third-order valence-corrected chi connectivity index (χ3v) is 5.65. The second kappa shape index (κ2) is 10.8. The van der Waals surface area contributed by atoms with Crippen LogP contribution in [0.5, 0.6) is 0 Å². The fraction of sp³-hybridized carbons (Fsp3) is 0.619. The molecular formula is C21H33ClN4O2. The van der Waals surface area contributed by atoms with Gasteiger partial charge in [-0.2, -0.15) is 0 Å². The van der Waals surface area contributed by atoms with Gasteiger partial charge in [0.2, 0.25) is 11.8 Å². The molecule has 2 amide bonds. The molecule has 2 aliphatic rings. The number of halogens is 1. The molecule has 2 saturated heterocycles. The zero-order valence-electron chi connectivity index (χ0n) is 16.9. The van der Waals surface area contributed by atoms with E-state index in [1.807, 2.05) is 44.4 Å². The van der Waals surface area contributed by atoms with Crippen molar-refractivity contribution >= 4 is 24.2 Å². The van der Waals surface area contributed by atoms with Gasteiger partial charge in [0.15, 0.2) is 0 Å². The second-order valence-electron chi connectivity index (χ2n) is 7.94. The van der Waals surface area contributed by atoms with Crippen molar-refractivity contribution in [1.29, 1.82) is 0 Å². The Morgan fingerprint density at radius 1 is 1.21 bits per heavy atom. The Kier molecular flexibility index (Phi) is 8.73. The number of hydrogen-bond donors (Lipinski definition) is 2. The van der Waals surface area contributed by atoms with Crippen molar-refractivity contribution in [1.82, 2.24) is 20.4 Å². The lowest BCUT2D eigenvalue weighted by Crippen LogP contribution is -2.48. The van der Waals surface area contributed by atoms with E-state index in [1.54, 1.807) is 4.90 Å². The molecule has 6 nitrogen and oxygen atoms in total.